The summed E-state index contributed by atoms with van der Waals surface area (Å²) in [4.78, 5) is 0. The molecule has 1 nitrogen and oxygen atoms in total. The van der Waals surface area contributed by atoms with Gasteiger partial charge in [-0.15, -0.1) is 0 Å². The van der Waals surface area contributed by atoms with E-state index in [1.165, 1.54) is 25.7 Å². The van der Waals surface area contributed by atoms with Gasteiger partial charge in [0.2, 0.25) is 0 Å². The van der Waals surface area contributed by atoms with E-state index in [-0.39, 0.29) is 0 Å². The Bertz CT molecular complexity index is 121. The van der Waals surface area contributed by atoms with Crippen molar-refractivity contribution in [2.75, 3.05) is 6.61 Å². The highest BCUT2D eigenvalue weighted by Gasteiger charge is 2.32. The Morgan fingerprint density at radius 3 is 2.25 bits per heavy atom. The van der Waals surface area contributed by atoms with Gasteiger partial charge in [-0.05, 0) is 6.42 Å². The summed E-state index contributed by atoms with van der Waals surface area (Å²) in [5.74, 6) is 0. The van der Waals surface area contributed by atoms with E-state index < -0.39 is 8.07 Å². The smallest absolute Gasteiger partial charge is 0.0504 e. The highest BCUT2D eigenvalue weighted by atomic mass is 28.3. The summed E-state index contributed by atoms with van der Waals surface area (Å²) in [5, 5.41) is 8.59. The van der Waals surface area contributed by atoms with Crippen LogP contribution < -0.4 is 0 Å². The third kappa shape index (κ3) is 3.28. The maximum atomic E-state index is 8.59. The van der Waals surface area contributed by atoms with E-state index in [0.717, 1.165) is 6.42 Å². The van der Waals surface area contributed by atoms with Gasteiger partial charge in [-0.25, -0.2) is 0 Å². The summed E-state index contributed by atoms with van der Waals surface area (Å²) >= 11 is 0. The highest BCUT2D eigenvalue weighted by molar-refractivity contribution is 6.81. The van der Waals surface area contributed by atoms with E-state index in [0.29, 0.717) is 6.61 Å². The number of aliphatic hydroxyl groups excluding tert-OH is 1. The third-order valence-electron chi connectivity index (χ3n) is 3.25. The van der Waals surface area contributed by atoms with E-state index >= 15 is 0 Å². The molecule has 0 aliphatic carbocycles. The summed E-state index contributed by atoms with van der Waals surface area (Å²) in [7, 11) is -0.619. The average molecular weight is 186 g/mol. The molecule has 1 aliphatic rings. The van der Waals surface area contributed by atoms with Crippen molar-refractivity contribution in [2.45, 2.75) is 56.8 Å². The van der Waals surface area contributed by atoms with Crippen molar-refractivity contribution in [3.63, 3.8) is 0 Å². The fraction of sp³-hybridized carbons (Fsp3) is 1.00. The average Bonchev–Trinajstić information content (AvgIpc) is 2.01. The molecule has 1 fully saturated rings. The van der Waals surface area contributed by atoms with Crippen LogP contribution in [0, 0.1) is 0 Å². The Balaban J connectivity index is 1.88. The van der Waals surface area contributed by atoms with Gasteiger partial charge in [0.1, 0.15) is 0 Å². The number of hydrogen-bond acceptors (Lipinski definition) is 1. The van der Waals surface area contributed by atoms with Crippen LogP contribution in [0.1, 0.15) is 32.1 Å². The second-order valence-corrected chi connectivity index (χ2v) is 9.67. The van der Waals surface area contributed by atoms with Crippen molar-refractivity contribution < 1.29 is 5.11 Å². The monoisotopic (exact) mass is 186 g/mol. The predicted molar refractivity (Wildman–Crippen MR) is 56.2 cm³/mol. The van der Waals surface area contributed by atoms with Crippen molar-refractivity contribution in [3.05, 3.63) is 0 Å². The van der Waals surface area contributed by atoms with Gasteiger partial charge in [0.25, 0.3) is 0 Å². The van der Waals surface area contributed by atoms with Crippen LogP contribution in [-0.2, 0) is 0 Å². The quantitative estimate of drug-likeness (QED) is 0.499. The molecule has 0 spiro atoms. The van der Waals surface area contributed by atoms with Crippen LogP contribution in [0.3, 0.4) is 0 Å². The van der Waals surface area contributed by atoms with Gasteiger partial charge in [0.05, 0.1) is 8.07 Å². The van der Waals surface area contributed by atoms with Gasteiger partial charge in [-0.1, -0.05) is 50.4 Å². The molecule has 0 aromatic carbocycles. The molecule has 1 saturated heterocycles. The maximum absolute atomic E-state index is 8.59. The topological polar surface area (TPSA) is 20.2 Å². The molecule has 0 aromatic heterocycles. The van der Waals surface area contributed by atoms with Gasteiger partial charge in [0.15, 0.2) is 0 Å². The van der Waals surface area contributed by atoms with Gasteiger partial charge in [0, 0.05) is 6.61 Å². The predicted octanol–water partition coefficient (Wildman–Crippen LogP) is 3.02. The lowest BCUT2D eigenvalue weighted by Gasteiger charge is -2.36. The second-order valence-electron chi connectivity index (χ2n) is 4.55. The summed E-state index contributed by atoms with van der Waals surface area (Å²) in [6.45, 7) is 2.94. The molecule has 72 valence electrons. The van der Waals surface area contributed by atoms with Crippen LogP contribution in [0.4, 0.5) is 0 Å². The van der Waals surface area contributed by atoms with E-state index in [9.17, 15) is 0 Å². The minimum atomic E-state index is -0.619. The zero-order valence-corrected chi connectivity index (χ0v) is 9.31. The van der Waals surface area contributed by atoms with Crippen molar-refractivity contribution in [2.24, 2.45) is 0 Å². The lowest BCUT2D eigenvalue weighted by atomic mass is 10.2. The van der Waals surface area contributed by atoms with Gasteiger partial charge in [-0.3, -0.25) is 0 Å². The Labute approximate surface area is 77.2 Å². The molecular weight excluding hydrogens is 164 g/mol. The SMILES string of the molecule is C[Si]1(CCCCCCO)CCC1. The van der Waals surface area contributed by atoms with Crippen LogP contribution in [0.25, 0.3) is 0 Å². The molecular formula is C10H22OSi. The van der Waals surface area contributed by atoms with Crippen molar-refractivity contribution in [1.82, 2.24) is 0 Å². The van der Waals surface area contributed by atoms with E-state index in [1.54, 1.807) is 18.1 Å². The number of hydrogen-bond donors (Lipinski definition) is 1. The Hall–Kier alpha value is 0.177. The molecule has 0 aromatic rings. The zero-order chi connectivity index (χ0) is 8.86. The molecule has 1 heterocycles. The minimum Gasteiger partial charge on any atom is -0.396 e. The fourth-order valence-electron chi connectivity index (χ4n) is 2.05. The molecule has 1 aliphatic heterocycles. The van der Waals surface area contributed by atoms with Gasteiger partial charge >= 0.3 is 0 Å². The molecule has 0 atom stereocenters. The summed E-state index contributed by atoms with van der Waals surface area (Å²) in [5.41, 5.74) is 0. The normalized spacial score (nSPS) is 20.5. The zero-order valence-electron chi connectivity index (χ0n) is 8.31. The summed E-state index contributed by atoms with van der Waals surface area (Å²) in [6.07, 6.45) is 6.55. The largest absolute Gasteiger partial charge is 0.396 e. The van der Waals surface area contributed by atoms with Crippen molar-refractivity contribution in [1.29, 1.82) is 0 Å². The Morgan fingerprint density at radius 1 is 1.08 bits per heavy atom. The number of rotatable bonds is 6. The Morgan fingerprint density at radius 2 is 1.75 bits per heavy atom. The first-order chi connectivity index (χ1) is 5.77. The molecule has 2 heteroatoms. The molecule has 12 heavy (non-hydrogen) atoms. The molecule has 0 unspecified atom stereocenters. The van der Waals surface area contributed by atoms with E-state index in [4.69, 9.17) is 5.11 Å². The lowest BCUT2D eigenvalue weighted by Crippen LogP contribution is -2.37. The van der Waals surface area contributed by atoms with E-state index in [2.05, 4.69) is 6.55 Å². The first kappa shape index (κ1) is 10.3. The van der Waals surface area contributed by atoms with Crippen molar-refractivity contribution in [3.8, 4) is 0 Å². The van der Waals surface area contributed by atoms with Gasteiger partial charge < -0.3 is 5.11 Å². The molecule has 0 saturated carbocycles. The molecule has 1 rings (SSSR count). The lowest BCUT2D eigenvalue weighted by molar-refractivity contribution is 0.283. The van der Waals surface area contributed by atoms with E-state index in [1.807, 2.05) is 0 Å². The number of aliphatic hydroxyl groups is 1. The maximum Gasteiger partial charge on any atom is 0.0504 e. The first-order valence-corrected chi connectivity index (χ1v) is 8.50. The van der Waals surface area contributed by atoms with Crippen LogP contribution >= 0.6 is 0 Å². The second kappa shape index (κ2) is 5.03. The van der Waals surface area contributed by atoms with Crippen LogP contribution in [-0.4, -0.2) is 19.8 Å². The van der Waals surface area contributed by atoms with Crippen LogP contribution in [0.15, 0.2) is 0 Å². The first-order valence-electron chi connectivity index (χ1n) is 5.38. The Kier molecular flexibility index (Phi) is 4.30. The fourth-order valence-corrected chi connectivity index (χ4v) is 5.21. The van der Waals surface area contributed by atoms with Crippen LogP contribution in [0.5, 0.6) is 0 Å². The molecule has 0 bridgehead atoms. The molecule has 0 amide bonds. The third-order valence-corrected chi connectivity index (χ3v) is 7.93. The standard InChI is InChI=1S/C10H22OSi/c1-12(9-6-10-12)8-5-3-2-4-7-11/h11H,2-10H2,1H3. The van der Waals surface area contributed by atoms with Crippen LogP contribution in [0.2, 0.25) is 24.7 Å². The van der Waals surface area contributed by atoms with Gasteiger partial charge in [-0.2, -0.15) is 0 Å². The molecule has 1 N–H and O–H groups in total. The molecule has 0 radical (unpaired) electrons. The number of unbranched alkanes of at least 4 members (excludes halogenated alkanes) is 3. The minimum absolute atomic E-state index is 0.384. The summed E-state index contributed by atoms with van der Waals surface area (Å²) < 4.78 is 0. The summed E-state index contributed by atoms with van der Waals surface area (Å²) in [6, 6.07) is 4.73. The highest BCUT2D eigenvalue weighted by Crippen LogP contribution is 2.36. The van der Waals surface area contributed by atoms with Crippen molar-refractivity contribution >= 4 is 8.07 Å².